The van der Waals surface area contributed by atoms with Gasteiger partial charge >= 0.3 is 12.2 Å². The van der Waals surface area contributed by atoms with Crippen molar-refractivity contribution in [2.45, 2.75) is 36.4 Å². The highest BCUT2D eigenvalue weighted by molar-refractivity contribution is 7.99. The second-order valence-corrected chi connectivity index (χ2v) is 10.1. The molecule has 0 bridgehead atoms. The normalized spacial score (nSPS) is 18.0. The summed E-state index contributed by atoms with van der Waals surface area (Å²) in [5.41, 5.74) is 1.03. The van der Waals surface area contributed by atoms with E-state index in [2.05, 4.69) is 17.2 Å². The molecule has 1 saturated heterocycles. The molecule has 1 aliphatic rings. The van der Waals surface area contributed by atoms with Crippen LogP contribution in [0.15, 0.2) is 71.8 Å². The number of pyridine rings is 1. The van der Waals surface area contributed by atoms with Crippen LogP contribution in [0.4, 0.5) is 18.0 Å². The minimum Gasteiger partial charge on any atom is -0.332 e. The Morgan fingerprint density at radius 3 is 2.57 bits per heavy atom. The highest BCUT2D eigenvalue weighted by Gasteiger charge is 2.42. The Bertz CT molecular complexity index is 1170. The molecular formula is C26H25ClF3N3OS. The number of alkyl halides is 3. The van der Waals surface area contributed by atoms with E-state index in [0.717, 1.165) is 22.3 Å². The number of rotatable bonds is 6. The average Bonchev–Trinajstić information content (AvgIpc) is 3.29. The third kappa shape index (κ3) is 6.11. The van der Waals surface area contributed by atoms with Gasteiger partial charge in [0, 0.05) is 41.0 Å². The minimum atomic E-state index is -4.49. The molecule has 1 N–H and O–H groups in total. The first-order valence-electron chi connectivity index (χ1n) is 11.3. The lowest BCUT2D eigenvalue weighted by molar-refractivity contribution is -0.138. The Kier molecular flexibility index (Phi) is 7.91. The molecule has 2 aromatic carbocycles. The van der Waals surface area contributed by atoms with E-state index in [-0.39, 0.29) is 37.1 Å². The first-order chi connectivity index (χ1) is 16.8. The van der Waals surface area contributed by atoms with Gasteiger partial charge in [0.2, 0.25) is 0 Å². The van der Waals surface area contributed by atoms with Crippen LogP contribution in [-0.2, 0) is 12.7 Å². The van der Waals surface area contributed by atoms with Crippen LogP contribution in [0.25, 0.3) is 0 Å². The van der Waals surface area contributed by atoms with Gasteiger partial charge in [0.15, 0.2) is 0 Å². The second-order valence-electron chi connectivity index (χ2n) is 8.33. The lowest BCUT2D eigenvalue weighted by Gasteiger charge is -2.23. The van der Waals surface area contributed by atoms with Gasteiger partial charge in [0.25, 0.3) is 0 Å². The number of carbonyl (C=O) groups is 1. The Morgan fingerprint density at radius 1 is 1.11 bits per heavy atom. The van der Waals surface area contributed by atoms with Gasteiger partial charge in [-0.25, -0.2) is 4.79 Å². The van der Waals surface area contributed by atoms with Crippen molar-refractivity contribution in [3.63, 3.8) is 0 Å². The maximum atomic E-state index is 13.8. The number of halogens is 4. The van der Waals surface area contributed by atoms with E-state index in [9.17, 15) is 18.0 Å². The third-order valence-electron chi connectivity index (χ3n) is 6.08. The number of aromatic nitrogens is 1. The van der Waals surface area contributed by atoms with E-state index in [0.29, 0.717) is 10.7 Å². The Labute approximate surface area is 211 Å². The Hall–Kier alpha value is -2.71. The fourth-order valence-electron chi connectivity index (χ4n) is 4.48. The van der Waals surface area contributed by atoms with Gasteiger partial charge in [-0.3, -0.25) is 4.98 Å². The number of hydrogen-bond acceptors (Lipinski definition) is 3. The number of benzene rings is 2. The summed E-state index contributed by atoms with van der Waals surface area (Å²) in [6, 6.07) is 16.2. The number of hydrogen-bond donors (Lipinski definition) is 1. The van der Waals surface area contributed by atoms with Gasteiger partial charge in [0.1, 0.15) is 0 Å². The fraction of sp³-hybridized carbons (Fsp3) is 0.308. The molecule has 184 valence electrons. The zero-order chi connectivity index (χ0) is 25.0. The van der Waals surface area contributed by atoms with Gasteiger partial charge in [-0.05, 0) is 47.2 Å². The number of likely N-dealkylation sites (tertiary alicyclic amines) is 1. The molecule has 4 rings (SSSR count). The van der Waals surface area contributed by atoms with Crippen LogP contribution in [0, 0.1) is 0 Å². The monoisotopic (exact) mass is 519 g/mol. The molecule has 3 aromatic rings. The highest BCUT2D eigenvalue weighted by atomic mass is 35.5. The summed E-state index contributed by atoms with van der Waals surface area (Å²) in [6.07, 6.45) is -2.72. The van der Waals surface area contributed by atoms with Gasteiger partial charge < -0.3 is 10.2 Å². The topological polar surface area (TPSA) is 45.2 Å². The molecular weight excluding hydrogens is 495 g/mol. The number of urea groups is 1. The first-order valence-corrected chi connectivity index (χ1v) is 12.6. The van der Waals surface area contributed by atoms with Crippen molar-refractivity contribution in [1.82, 2.24) is 15.2 Å². The van der Waals surface area contributed by atoms with E-state index in [1.54, 1.807) is 47.1 Å². The van der Waals surface area contributed by atoms with E-state index in [4.69, 9.17) is 11.6 Å². The first kappa shape index (κ1) is 25.4. The molecule has 0 spiro atoms. The number of nitrogens with one attached hydrogen (secondary N) is 1. The maximum absolute atomic E-state index is 13.8. The summed E-state index contributed by atoms with van der Waals surface area (Å²) in [6.45, 7) is 2.74. The van der Waals surface area contributed by atoms with Gasteiger partial charge in [-0.1, -0.05) is 48.9 Å². The quantitative estimate of drug-likeness (QED) is 0.358. The SMILES string of the molecule is CCSc1ccc(CNC(=O)N2CC(c3cccc(Cl)c3)C(c3ccccc3C(F)(F)F)C2)nc1. The third-order valence-corrected chi connectivity index (χ3v) is 7.18. The largest absolute Gasteiger partial charge is 0.416 e. The summed E-state index contributed by atoms with van der Waals surface area (Å²) < 4.78 is 41.4. The van der Waals surface area contributed by atoms with Crippen LogP contribution < -0.4 is 5.32 Å². The molecule has 1 aliphatic heterocycles. The molecule has 1 aromatic heterocycles. The van der Waals surface area contributed by atoms with Crippen molar-refractivity contribution in [3.8, 4) is 0 Å². The van der Waals surface area contributed by atoms with E-state index in [1.807, 2.05) is 18.2 Å². The fourth-order valence-corrected chi connectivity index (χ4v) is 5.31. The van der Waals surface area contributed by atoms with Gasteiger partial charge in [0.05, 0.1) is 17.8 Å². The zero-order valence-corrected chi connectivity index (χ0v) is 20.6. The van der Waals surface area contributed by atoms with Crippen LogP contribution in [0.1, 0.15) is 41.1 Å². The van der Waals surface area contributed by atoms with E-state index >= 15 is 0 Å². The van der Waals surface area contributed by atoms with Crippen molar-refractivity contribution >= 4 is 29.4 Å². The Morgan fingerprint density at radius 2 is 1.89 bits per heavy atom. The molecule has 2 heterocycles. The van der Waals surface area contributed by atoms with Crippen LogP contribution in [0.2, 0.25) is 5.02 Å². The number of amides is 2. The van der Waals surface area contributed by atoms with Crippen molar-refractivity contribution in [1.29, 1.82) is 0 Å². The molecule has 2 amide bonds. The highest BCUT2D eigenvalue weighted by Crippen LogP contribution is 2.44. The standard InChI is InChI=1S/C26H25ClF3N3OS/c1-2-35-20-11-10-19(31-14-20)13-32-25(34)33-15-22(17-6-5-7-18(27)12-17)23(16-33)21-8-3-4-9-24(21)26(28,29)30/h3-12,14,22-23H,2,13,15-16H2,1H3,(H,32,34). The molecule has 35 heavy (non-hydrogen) atoms. The molecule has 1 fully saturated rings. The van der Waals surface area contributed by atoms with Crippen molar-refractivity contribution in [2.75, 3.05) is 18.8 Å². The van der Waals surface area contributed by atoms with E-state index < -0.39 is 17.7 Å². The van der Waals surface area contributed by atoms with E-state index in [1.165, 1.54) is 12.1 Å². The van der Waals surface area contributed by atoms with Crippen LogP contribution in [0.5, 0.6) is 0 Å². The molecule has 2 atom stereocenters. The van der Waals surface area contributed by atoms with Crippen LogP contribution in [-0.4, -0.2) is 34.8 Å². The van der Waals surface area contributed by atoms with Crippen molar-refractivity contribution in [2.24, 2.45) is 0 Å². The predicted octanol–water partition coefficient (Wildman–Crippen LogP) is 6.96. The van der Waals surface area contributed by atoms with Gasteiger partial charge in [-0.2, -0.15) is 13.2 Å². The second kappa shape index (κ2) is 10.9. The minimum absolute atomic E-state index is 0.162. The average molecular weight is 520 g/mol. The molecule has 9 heteroatoms. The summed E-state index contributed by atoms with van der Waals surface area (Å²) in [4.78, 5) is 20.0. The van der Waals surface area contributed by atoms with Gasteiger partial charge in [-0.15, -0.1) is 11.8 Å². The summed E-state index contributed by atoms with van der Waals surface area (Å²) >= 11 is 7.87. The molecule has 0 saturated carbocycles. The molecule has 4 nitrogen and oxygen atoms in total. The maximum Gasteiger partial charge on any atom is 0.416 e. The van der Waals surface area contributed by atoms with Crippen molar-refractivity contribution < 1.29 is 18.0 Å². The predicted molar refractivity (Wildman–Crippen MR) is 133 cm³/mol. The molecule has 0 aliphatic carbocycles. The number of carbonyl (C=O) groups excluding carboxylic acids is 1. The lowest BCUT2D eigenvalue weighted by Crippen LogP contribution is -2.38. The zero-order valence-electron chi connectivity index (χ0n) is 19.1. The Balaban J connectivity index is 1.56. The van der Waals surface area contributed by atoms with Crippen molar-refractivity contribution in [3.05, 3.63) is 94.3 Å². The molecule has 0 radical (unpaired) electrons. The number of thioether (sulfide) groups is 1. The molecule has 2 unspecified atom stereocenters. The summed E-state index contributed by atoms with van der Waals surface area (Å²) in [5.74, 6) is 0.0889. The summed E-state index contributed by atoms with van der Waals surface area (Å²) in [7, 11) is 0. The smallest absolute Gasteiger partial charge is 0.332 e. The van der Waals surface area contributed by atoms with Crippen LogP contribution >= 0.6 is 23.4 Å². The van der Waals surface area contributed by atoms with Crippen LogP contribution in [0.3, 0.4) is 0 Å². The lowest BCUT2D eigenvalue weighted by atomic mass is 9.82. The summed E-state index contributed by atoms with van der Waals surface area (Å²) in [5, 5.41) is 3.37. The number of nitrogens with zero attached hydrogens (tertiary/aromatic N) is 2.